The number of hydrogen-bond acceptors (Lipinski definition) is 6. The van der Waals surface area contributed by atoms with Crippen LogP contribution >= 0.6 is 0 Å². The number of hydrogen-bond donors (Lipinski definition) is 2. The van der Waals surface area contributed by atoms with Crippen molar-refractivity contribution in [3.63, 3.8) is 0 Å². The first-order valence-electron chi connectivity index (χ1n) is 10.2. The smallest absolute Gasteiger partial charge is 0.259 e. The molecule has 0 fully saturated rings. The van der Waals surface area contributed by atoms with Crippen molar-refractivity contribution in [3.8, 4) is 28.7 Å². The number of ether oxygens (including phenoxy) is 4. The lowest BCUT2D eigenvalue weighted by molar-refractivity contribution is 0.102. The quantitative estimate of drug-likeness (QED) is 0.511. The summed E-state index contributed by atoms with van der Waals surface area (Å²) < 4.78 is 22.6. The van der Waals surface area contributed by atoms with Crippen molar-refractivity contribution in [2.45, 2.75) is 13.3 Å². The standard InChI is InChI=1S/C25H28N2O5/c1-16-7-5-6-8-20(16)27-25(28)19-15-21(23(30-3)24(31-4)22(19)29-2)32-18-11-9-17(10-12-18)13-14-26/h5-12,15H,13-14,26H2,1-4H3,(H,27,28). The second-order valence-corrected chi connectivity index (χ2v) is 7.08. The Labute approximate surface area is 188 Å². The van der Waals surface area contributed by atoms with Gasteiger partial charge in [-0.2, -0.15) is 0 Å². The van der Waals surface area contributed by atoms with Gasteiger partial charge in [-0.25, -0.2) is 0 Å². The van der Waals surface area contributed by atoms with Crippen molar-refractivity contribution in [1.82, 2.24) is 0 Å². The lowest BCUT2D eigenvalue weighted by Crippen LogP contribution is -2.15. The summed E-state index contributed by atoms with van der Waals surface area (Å²) in [4.78, 5) is 13.2. The molecule has 0 heterocycles. The van der Waals surface area contributed by atoms with Crippen LogP contribution in [0.3, 0.4) is 0 Å². The third kappa shape index (κ3) is 4.95. The number of carbonyl (C=O) groups is 1. The molecule has 0 atom stereocenters. The Bertz CT molecular complexity index is 1080. The minimum Gasteiger partial charge on any atom is -0.492 e. The molecular weight excluding hydrogens is 408 g/mol. The Morgan fingerprint density at radius 1 is 0.906 bits per heavy atom. The van der Waals surface area contributed by atoms with Gasteiger partial charge in [0.25, 0.3) is 5.91 Å². The van der Waals surface area contributed by atoms with Crippen LogP contribution in [0, 0.1) is 6.92 Å². The molecule has 168 valence electrons. The zero-order chi connectivity index (χ0) is 23.1. The summed E-state index contributed by atoms with van der Waals surface area (Å²) in [5.41, 5.74) is 8.62. The number of para-hydroxylation sites is 1. The third-order valence-corrected chi connectivity index (χ3v) is 4.99. The zero-order valence-electron chi connectivity index (χ0n) is 18.7. The van der Waals surface area contributed by atoms with Crippen LogP contribution in [0.5, 0.6) is 28.7 Å². The average molecular weight is 437 g/mol. The lowest BCUT2D eigenvalue weighted by atomic mass is 10.1. The van der Waals surface area contributed by atoms with Gasteiger partial charge in [0.1, 0.15) is 5.75 Å². The molecule has 0 spiro atoms. The summed E-state index contributed by atoms with van der Waals surface area (Å²) >= 11 is 0. The average Bonchev–Trinajstić information content (AvgIpc) is 2.81. The largest absolute Gasteiger partial charge is 0.492 e. The van der Waals surface area contributed by atoms with E-state index in [1.54, 1.807) is 6.07 Å². The van der Waals surface area contributed by atoms with Gasteiger partial charge >= 0.3 is 0 Å². The molecule has 0 aliphatic rings. The molecular formula is C25H28N2O5. The van der Waals surface area contributed by atoms with E-state index in [1.807, 2.05) is 55.5 Å². The van der Waals surface area contributed by atoms with E-state index in [0.29, 0.717) is 29.5 Å². The molecule has 0 saturated heterocycles. The SMILES string of the molecule is COc1c(Oc2ccc(CCN)cc2)cc(C(=O)Nc2ccccc2C)c(OC)c1OC. The van der Waals surface area contributed by atoms with Crippen LogP contribution < -0.4 is 30.0 Å². The molecule has 3 aromatic rings. The molecule has 0 aliphatic heterocycles. The Morgan fingerprint density at radius 2 is 1.56 bits per heavy atom. The molecule has 0 aromatic heterocycles. The monoisotopic (exact) mass is 436 g/mol. The number of amides is 1. The van der Waals surface area contributed by atoms with E-state index < -0.39 is 0 Å². The predicted molar refractivity (Wildman–Crippen MR) is 125 cm³/mol. The van der Waals surface area contributed by atoms with Gasteiger partial charge in [0.15, 0.2) is 11.5 Å². The highest BCUT2D eigenvalue weighted by atomic mass is 16.5. The summed E-state index contributed by atoms with van der Waals surface area (Å²) in [6.45, 7) is 2.49. The van der Waals surface area contributed by atoms with Crippen LogP contribution in [0.25, 0.3) is 0 Å². The van der Waals surface area contributed by atoms with Crippen LogP contribution in [0.1, 0.15) is 21.5 Å². The van der Waals surface area contributed by atoms with Gasteiger partial charge in [-0.15, -0.1) is 0 Å². The number of methoxy groups -OCH3 is 3. The van der Waals surface area contributed by atoms with E-state index in [-0.39, 0.29) is 23.0 Å². The maximum absolute atomic E-state index is 13.2. The van der Waals surface area contributed by atoms with E-state index in [2.05, 4.69) is 5.32 Å². The highest BCUT2D eigenvalue weighted by Crippen LogP contribution is 2.48. The number of benzene rings is 3. The molecule has 0 bridgehead atoms. The number of nitrogens with two attached hydrogens (primary N) is 1. The van der Waals surface area contributed by atoms with Crippen molar-refractivity contribution in [3.05, 3.63) is 71.3 Å². The van der Waals surface area contributed by atoms with Crippen LogP contribution in [0.2, 0.25) is 0 Å². The number of nitrogens with one attached hydrogen (secondary N) is 1. The van der Waals surface area contributed by atoms with E-state index in [1.165, 1.54) is 21.3 Å². The molecule has 7 heteroatoms. The van der Waals surface area contributed by atoms with E-state index in [4.69, 9.17) is 24.7 Å². The minimum absolute atomic E-state index is 0.251. The van der Waals surface area contributed by atoms with Crippen molar-refractivity contribution in [2.75, 3.05) is 33.2 Å². The van der Waals surface area contributed by atoms with Crippen LogP contribution in [-0.2, 0) is 6.42 Å². The van der Waals surface area contributed by atoms with Crippen LogP contribution in [0.4, 0.5) is 5.69 Å². The van der Waals surface area contributed by atoms with Crippen molar-refractivity contribution < 1.29 is 23.7 Å². The number of carbonyl (C=O) groups excluding carboxylic acids is 1. The van der Waals surface area contributed by atoms with Gasteiger partial charge in [-0.1, -0.05) is 30.3 Å². The van der Waals surface area contributed by atoms with E-state index in [9.17, 15) is 4.79 Å². The Hall–Kier alpha value is -3.71. The fourth-order valence-corrected chi connectivity index (χ4v) is 3.35. The van der Waals surface area contributed by atoms with Crippen LogP contribution in [0.15, 0.2) is 54.6 Å². The summed E-state index contributed by atoms with van der Waals surface area (Å²) in [6.07, 6.45) is 0.781. The number of rotatable bonds is 9. The van der Waals surface area contributed by atoms with E-state index >= 15 is 0 Å². The number of aryl methyl sites for hydroxylation is 1. The first-order chi connectivity index (χ1) is 15.5. The summed E-state index contributed by atoms with van der Waals surface area (Å²) in [6, 6.07) is 16.7. The molecule has 7 nitrogen and oxygen atoms in total. The third-order valence-electron chi connectivity index (χ3n) is 4.99. The Kier molecular flexibility index (Phi) is 7.57. The maximum atomic E-state index is 13.2. The molecule has 1 amide bonds. The molecule has 3 aromatic carbocycles. The van der Waals surface area contributed by atoms with Crippen molar-refractivity contribution in [1.29, 1.82) is 0 Å². The van der Waals surface area contributed by atoms with Gasteiger partial charge in [-0.05, 0) is 49.2 Å². The van der Waals surface area contributed by atoms with Crippen LogP contribution in [-0.4, -0.2) is 33.8 Å². The molecule has 0 aliphatic carbocycles. The molecule has 3 N–H and O–H groups in total. The van der Waals surface area contributed by atoms with Crippen molar-refractivity contribution in [2.24, 2.45) is 5.73 Å². The molecule has 0 saturated carbocycles. The second kappa shape index (κ2) is 10.5. The molecule has 0 radical (unpaired) electrons. The Balaban J connectivity index is 2.03. The summed E-state index contributed by atoms with van der Waals surface area (Å²) in [7, 11) is 4.45. The topological polar surface area (TPSA) is 92.0 Å². The van der Waals surface area contributed by atoms with Gasteiger partial charge in [-0.3, -0.25) is 4.79 Å². The van der Waals surface area contributed by atoms with Gasteiger partial charge in [0.2, 0.25) is 11.5 Å². The first-order valence-corrected chi connectivity index (χ1v) is 10.2. The minimum atomic E-state index is -0.361. The van der Waals surface area contributed by atoms with E-state index in [0.717, 1.165) is 17.5 Å². The van der Waals surface area contributed by atoms with Gasteiger partial charge in [0, 0.05) is 11.8 Å². The fourth-order valence-electron chi connectivity index (χ4n) is 3.35. The van der Waals surface area contributed by atoms with Gasteiger partial charge < -0.3 is 30.0 Å². The van der Waals surface area contributed by atoms with Gasteiger partial charge in [0.05, 0.1) is 26.9 Å². The normalized spacial score (nSPS) is 10.4. The number of anilines is 1. The fraction of sp³-hybridized carbons (Fsp3) is 0.240. The molecule has 3 rings (SSSR count). The summed E-state index contributed by atoms with van der Waals surface area (Å²) in [5, 5.41) is 2.92. The van der Waals surface area contributed by atoms with Crippen molar-refractivity contribution >= 4 is 11.6 Å². The highest BCUT2D eigenvalue weighted by Gasteiger charge is 2.26. The maximum Gasteiger partial charge on any atom is 0.259 e. The second-order valence-electron chi connectivity index (χ2n) is 7.08. The Morgan fingerprint density at radius 3 is 2.16 bits per heavy atom. The summed E-state index contributed by atoms with van der Waals surface area (Å²) in [5.74, 6) is 1.39. The molecule has 0 unspecified atom stereocenters. The molecule has 32 heavy (non-hydrogen) atoms. The first kappa shape index (κ1) is 23.0. The predicted octanol–water partition coefficient (Wildman–Crippen LogP) is 4.57. The highest BCUT2D eigenvalue weighted by molar-refractivity contribution is 6.07. The lowest BCUT2D eigenvalue weighted by Gasteiger charge is -2.19. The zero-order valence-corrected chi connectivity index (χ0v) is 18.7.